The SMILES string of the molecule is COc1ccc(C(=O)NC(C)C(c2ccccc2Cl)n2cccn2)c(F)c1. The van der Waals surface area contributed by atoms with Gasteiger partial charge in [-0.1, -0.05) is 29.8 Å². The Balaban J connectivity index is 1.88. The molecule has 1 N–H and O–H groups in total. The van der Waals surface area contributed by atoms with E-state index in [4.69, 9.17) is 16.3 Å². The standard InChI is InChI=1S/C20H19ClFN3O2/c1-13(24-20(26)16-9-8-14(27-2)12-18(16)22)19(25-11-5-10-23-25)15-6-3-4-7-17(15)21/h3-13,19H,1-2H3,(H,24,26). The molecule has 27 heavy (non-hydrogen) atoms. The van der Waals surface area contributed by atoms with Crippen LogP contribution in [0.25, 0.3) is 0 Å². The Hall–Kier alpha value is -2.86. The Bertz CT molecular complexity index is 931. The number of ether oxygens (including phenoxy) is 1. The van der Waals surface area contributed by atoms with Gasteiger partial charge in [-0.3, -0.25) is 9.48 Å². The van der Waals surface area contributed by atoms with Gasteiger partial charge in [0.25, 0.3) is 5.91 Å². The molecule has 0 bridgehead atoms. The van der Waals surface area contributed by atoms with Crippen LogP contribution in [-0.4, -0.2) is 28.8 Å². The highest BCUT2D eigenvalue weighted by Crippen LogP contribution is 2.28. The quantitative estimate of drug-likeness (QED) is 0.693. The molecule has 0 fully saturated rings. The third-order valence-electron chi connectivity index (χ3n) is 4.29. The highest BCUT2D eigenvalue weighted by molar-refractivity contribution is 6.31. The summed E-state index contributed by atoms with van der Waals surface area (Å²) in [7, 11) is 1.44. The number of carbonyl (C=O) groups excluding carboxylic acids is 1. The fraction of sp³-hybridized carbons (Fsp3) is 0.200. The molecule has 0 radical (unpaired) electrons. The number of halogens is 2. The van der Waals surface area contributed by atoms with Crippen LogP contribution in [0.1, 0.15) is 28.9 Å². The fourth-order valence-electron chi connectivity index (χ4n) is 2.97. The molecule has 1 amide bonds. The lowest BCUT2D eigenvalue weighted by molar-refractivity contribution is 0.0926. The van der Waals surface area contributed by atoms with Crippen LogP contribution in [0, 0.1) is 5.82 Å². The lowest BCUT2D eigenvalue weighted by Crippen LogP contribution is -2.40. The minimum atomic E-state index is -0.646. The molecule has 140 valence electrons. The van der Waals surface area contributed by atoms with Crippen molar-refractivity contribution in [2.45, 2.75) is 19.0 Å². The molecule has 0 saturated carbocycles. The van der Waals surface area contributed by atoms with Crippen LogP contribution >= 0.6 is 11.6 Å². The zero-order chi connectivity index (χ0) is 19.4. The Kier molecular flexibility index (Phi) is 5.76. The second kappa shape index (κ2) is 8.22. The van der Waals surface area contributed by atoms with Crippen LogP contribution in [-0.2, 0) is 0 Å². The van der Waals surface area contributed by atoms with Crippen molar-refractivity contribution in [1.29, 1.82) is 0 Å². The van der Waals surface area contributed by atoms with Crippen molar-refractivity contribution in [1.82, 2.24) is 15.1 Å². The number of amides is 1. The summed E-state index contributed by atoms with van der Waals surface area (Å²) in [6.07, 6.45) is 3.45. The molecule has 5 nitrogen and oxygen atoms in total. The normalized spacial score (nSPS) is 13.0. The maximum Gasteiger partial charge on any atom is 0.254 e. The number of carbonyl (C=O) groups is 1. The van der Waals surface area contributed by atoms with Gasteiger partial charge in [0, 0.05) is 23.5 Å². The van der Waals surface area contributed by atoms with Crippen molar-refractivity contribution >= 4 is 17.5 Å². The van der Waals surface area contributed by atoms with Crippen molar-refractivity contribution in [3.8, 4) is 5.75 Å². The number of methoxy groups -OCH3 is 1. The van der Waals surface area contributed by atoms with Gasteiger partial charge in [0.15, 0.2) is 0 Å². The van der Waals surface area contributed by atoms with E-state index in [9.17, 15) is 9.18 Å². The number of hydrogen-bond donors (Lipinski definition) is 1. The number of hydrogen-bond acceptors (Lipinski definition) is 3. The Labute approximate surface area is 161 Å². The molecule has 2 atom stereocenters. The van der Waals surface area contributed by atoms with E-state index >= 15 is 0 Å². The van der Waals surface area contributed by atoms with Gasteiger partial charge in [-0.25, -0.2) is 4.39 Å². The Morgan fingerprint density at radius 2 is 2.04 bits per heavy atom. The van der Waals surface area contributed by atoms with Crippen molar-refractivity contribution in [2.24, 2.45) is 0 Å². The van der Waals surface area contributed by atoms with Gasteiger partial charge >= 0.3 is 0 Å². The van der Waals surface area contributed by atoms with Gasteiger partial charge in [-0.2, -0.15) is 5.10 Å². The maximum atomic E-state index is 14.2. The molecule has 2 aromatic carbocycles. The summed E-state index contributed by atoms with van der Waals surface area (Å²) >= 11 is 6.36. The summed E-state index contributed by atoms with van der Waals surface area (Å²) in [6.45, 7) is 1.83. The summed E-state index contributed by atoms with van der Waals surface area (Å²) < 4.78 is 20.9. The van der Waals surface area contributed by atoms with E-state index in [0.29, 0.717) is 10.8 Å². The van der Waals surface area contributed by atoms with Gasteiger partial charge in [0.2, 0.25) is 0 Å². The number of nitrogens with one attached hydrogen (secondary N) is 1. The highest BCUT2D eigenvalue weighted by Gasteiger charge is 2.26. The number of nitrogens with zero attached hydrogens (tertiary/aromatic N) is 2. The molecule has 0 saturated heterocycles. The van der Waals surface area contributed by atoms with Crippen molar-refractivity contribution < 1.29 is 13.9 Å². The van der Waals surface area contributed by atoms with Gasteiger partial charge < -0.3 is 10.1 Å². The number of aromatic nitrogens is 2. The lowest BCUT2D eigenvalue weighted by atomic mass is 10.00. The third kappa shape index (κ3) is 4.11. The molecule has 2 unspecified atom stereocenters. The summed E-state index contributed by atoms with van der Waals surface area (Å²) in [4.78, 5) is 12.6. The van der Waals surface area contributed by atoms with E-state index in [2.05, 4.69) is 10.4 Å². The molecule has 0 aliphatic carbocycles. The summed E-state index contributed by atoms with van der Waals surface area (Å²) in [5, 5.41) is 7.71. The molecule has 0 spiro atoms. The molecule has 1 heterocycles. The van der Waals surface area contributed by atoms with E-state index < -0.39 is 17.8 Å². The summed E-state index contributed by atoms with van der Waals surface area (Å²) in [5.74, 6) is -0.818. The Morgan fingerprint density at radius 3 is 2.67 bits per heavy atom. The molecule has 7 heteroatoms. The first-order valence-electron chi connectivity index (χ1n) is 8.39. The largest absolute Gasteiger partial charge is 0.497 e. The zero-order valence-corrected chi connectivity index (χ0v) is 15.7. The number of benzene rings is 2. The minimum absolute atomic E-state index is 0.0546. The predicted octanol–water partition coefficient (Wildman–Crippen LogP) is 4.09. The van der Waals surface area contributed by atoms with Crippen molar-refractivity contribution in [3.05, 3.63) is 82.9 Å². The fourth-order valence-corrected chi connectivity index (χ4v) is 3.22. The highest BCUT2D eigenvalue weighted by atomic mass is 35.5. The first kappa shape index (κ1) is 18.9. The lowest BCUT2D eigenvalue weighted by Gasteiger charge is -2.26. The molecule has 0 aliphatic heterocycles. The van der Waals surface area contributed by atoms with Crippen molar-refractivity contribution in [2.75, 3.05) is 7.11 Å². The van der Waals surface area contributed by atoms with Crippen LogP contribution < -0.4 is 10.1 Å². The van der Waals surface area contributed by atoms with Crippen LogP contribution in [0.3, 0.4) is 0 Å². The van der Waals surface area contributed by atoms with Crippen LogP contribution in [0.5, 0.6) is 5.75 Å². The number of rotatable bonds is 6. The van der Waals surface area contributed by atoms with E-state index in [0.717, 1.165) is 5.56 Å². The summed E-state index contributed by atoms with van der Waals surface area (Å²) in [5.41, 5.74) is 0.756. The van der Waals surface area contributed by atoms with E-state index in [1.54, 1.807) is 35.3 Å². The van der Waals surface area contributed by atoms with Gasteiger partial charge in [-0.15, -0.1) is 0 Å². The average molecular weight is 388 g/mol. The van der Waals surface area contributed by atoms with E-state index in [1.165, 1.54) is 19.2 Å². The second-order valence-electron chi connectivity index (χ2n) is 6.06. The minimum Gasteiger partial charge on any atom is -0.497 e. The smallest absolute Gasteiger partial charge is 0.254 e. The van der Waals surface area contributed by atoms with Crippen LogP contribution in [0.15, 0.2) is 60.9 Å². The average Bonchev–Trinajstić information content (AvgIpc) is 3.17. The van der Waals surface area contributed by atoms with Gasteiger partial charge in [0.05, 0.1) is 24.8 Å². The topological polar surface area (TPSA) is 56.1 Å². The molecule has 1 aromatic heterocycles. The Morgan fingerprint density at radius 1 is 1.26 bits per heavy atom. The van der Waals surface area contributed by atoms with Gasteiger partial charge in [-0.05, 0) is 36.8 Å². The first-order valence-corrected chi connectivity index (χ1v) is 8.77. The maximum absolute atomic E-state index is 14.2. The van der Waals surface area contributed by atoms with E-state index in [1.807, 2.05) is 25.1 Å². The monoisotopic (exact) mass is 387 g/mol. The van der Waals surface area contributed by atoms with Crippen LogP contribution in [0.2, 0.25) is 5.02 Å². The molecular weight excluding hydrogens is 369 g/mol. The van der Waals surface area contributed by atoms with Gasteiger partial charge in [0.1, 0.15) is 11.6 Å². The zero-order valence-electron chi connectivity index (χ0n) is 14.9. The predicted molar refractivity (Wildman–Crippen MR) is 102 cm³/mol. The van der Waals surface area contributed by atoms with E-state index in [-0.39, 0.29) is 11.6 Å². The molecule has 3 rings (SSSR count). The second-order valence-corrected chi connectivity index (χ2v) is 6.47. The molecule has 0 aliphatic rings. The first-order chi connectivity index (χ1) is 13.0. The van der Waals surface area contributed by atoms with Crippen molar-refractivity contribution in [3.63, 3.8) is 0 Å². The van der Waals surface area contributed by atoms with Crippen LogP contribution in [0.4, 0.5) is 4.39 Å². The third-order valence-corrected chi connectivity index (χ3v) is 4.63. The molecular formula is C20H19ClFN3O2. The summed E-state index contributed by atoms with van der Waals surface area (Å²) in [6, 6.07) is 12.5. The molecule has 3 aromatic rings.